The second kappa shape index (κ2) is 10.6. The molecular formula is C18H39N3O. The van der Waals surface area contributed by atoms with E-state index in [0.717, 1.165) is 12.6 Å². The molecule has 0 aromatic rings. The Labute approximate surface area is 138 Å². The van der Waals surface area contributed by atoms with Crippen LogP contribution in [-0.4, -0.2) is 56.4 Å². The second-order valence-corrected chi connectivity index (χ2v) is 6.70. The number of hydrogen-bond acceptors (Lipinski definition) is 4. The van der Waals surface area contributed by atoms with Crippen LogP contribution in [0.25, 0.3) is 0 Å². The van der Waals surface area contributed by atoms with Gasteiger partial charge in [-0.05, 0) is 46.2 Å². The molecule has 2 aliphatic heterocycles. The molecule has 3 fully saturated rings. The highest BCUT2D eigenvalue weighted by molar-refractivity contribution is 4.96. The second-order valence-electron chi connectivity index (χ2n) is 6.70. The Hall–Kier alpha value is -0.160. The lowest BCUT2D eigenvalue weighted by atomic mass is 9.87. The van der Waals surface area contributed by atoms with Crippen molar-refractivity contribution < 1.29 is 4.74 Å². The third-order valence-electron chi connectivity index (χ3n) is 5.18. The molecule has 1 saturated carbocycles. The molecule has 1 spiro atoms. The maximum Gasteiger partial charge on any atom is 0.0723 e. The summed E-state index contributed by atoms with van der Waals surface area (Å²) in [6.45, 7) is 7.35. The first-order valence-electron chi connectivity index (χ1n) is 9.42. The van der Waals surface area contributed by atoms with Crippen LogP contribution in [0.1, 0.15) is 65.2 Å². The van der Waals surface area contributed by atoms with E-state index in [1.54, 1.807) is 0 Å². The average molecular weight is 314 g/mol. The minimum atomic E-state index is 0.221. The highest BCUT2D eigenvalue weighted by Crippen LogP contribution is 2.36. The summed E-state index contributed by atoms with van der Waals surface area (Å²) in [7, 11) is 3.72. The molecule has 0 aromatic heterocycles. The van der Waals surface area contributed by atoms with Crippen molar-refractivity contribution in [3.05, 3.63) is 0 Å². The Bertz CT molecular complexity index is 272. The van der Waals surface area contributed by atoms with E-state index in [1.165, 1.54) is 71.5 Å². The molecule has 2 saturated heterocycles. The topological polar surface area (TPSA) is 50.5 Å². The quantitative estimate of drug-likeness (QED) is 0.823. The van der Waals surface area contributed by atoms with E-state index in [4.69, 9.17) is 4.74 Å². The van der Waals surface area contributed by atoms with E-state index >= 15 is 0 Å². The van der Waals surface area contributed by atoms with Gasteiger partial charge in [0, 0.05) is 25.2 Å². The third-order valence-corrected chi connectivity index (χ3v) is 5.18. The van der Waals surface area contributed by atoms with Crippen LogP contribution in [0.4, 0.5) is 0 Å². The van der Waals surface area contributed by atoms with Gasteiger partial charge in [0.2, 0.25) is 0 Å². The summed E-state index contributed by atoms with van der Waals surface area (Å²) < 4.78 is 6.19. The Balaban J connectivity index is 0.000000561. The predicted molar refractivity (Wildman–Crippen MR) is 95.3 cm³/mol. The summed E-state index contributed by atoms with van der Waals surface area (Å²) in [5.41, 5.74) is 4.72. The van der Waals surface area contributed by atoms with E-state index in [2.05, 4.69) is 23.0 Å². The fraction of sp³-hybridized carbons (Fsp3) is 1.00. The third kappa shape index (κ3) is 5.80. The predicted octanol–water partition coefficient (Wildman–Crippen LogP) is 2.76. The number of piperidine rings is 1. The van der Waals surface area contributed by atoms with Gasteiger partial charge in [0.15, 0.2) is 0 Å². The molecule has 3 aliphatic rings. The molecule has 1 unspecified atom stereocenters. The number of ether oxygens (including phenoxy) is 1. The Morgan fingerprint density at radius 1 is 1.00 bits per heavy atom. The number of hydrogen-bond donors (Lipinski definition) is 2. The molecule has 22 heavy (non-hydrogen) atoms. The van der Waals surface area contributed by atoms with Crippen LogP contribution < -0.4 is 11.1 Å². The van der Waals surface area contributed by atoms with E-state index < -0.39 is 0 Å². The monoisotopic (exact) mass is 313 g/mol. The molecule has 0 aromatic carbocycles. The zero-order valence-corrected chi connectivity index (χ0v) is 15.4. The van der Waals surface area contributed by atoms with Crippen molar-refractivity contribution >= 4 is 0 Å². The van der Waals surface area contributed by atoms with Crippen molar-refractivity contribution in [2.24, 2.45) is 5.73 Å². The zero-order chi connectivity index (χ0) is 16.4. The van der Waals surface area contributed by atoms with E-state index in [9.17, 15) is 0 Å². The van der Waals surface area contributed by atoms with E-state index in [1.807, 2.05) is 13.8 Å². The van der Waals surface area contributed by atoms with Gasteiger partial charge in [-0.3, -0.25) is 0 Å². The van der Waals surface area contributed by atoms with Crippen molar-refractivity contribution in [1.29, 1.82) is 0 Å². The first-order valence-corrected chi connectivity index (χ1v) is 9.42. The molecule has 0 bridgehead atoms. The van der Waals surface area contributed by atoms with Gasteiger partial charge in [0.25, 0.3) is 0 Å². The lowest BCUT2D eigenvalue weighted by molar-refractivity contribution is -0.0393. The van der Waals surface area contributed by atoms with Gasteiger partial charge in [-0.15, -0.1) is 0 Å². The summed E-state index contributed by atoms with van der Waals surface area (Å²) in [4.78, 5) is 2.43. The molecule has 132 valence electrons. The largest absolute Gasteiger partial charge is 0.373 e. The standard InChI is InChI=1S/C15H28N2O.C2H6.CH5N/c1-17-9-7-15(8-10-17)11-14(12-18-15)16-13-5-3-2-4-6-13;2*1-2/h13-14,16H,2-12H2,1H3;1-2H3;2H2,1H3. The SMILES string of the molecule is CC.CN.CN1CCC2(CC1)CC(NC1CCCCC1)CO2. The van der Waals surface area contributed by atoms with Crippen LogP contribution in [0.5, 0.6) is 0 Å². The smallest absolute Gasteiger partial charge is 0.0723 e. The molecule has 1 aliphatic carbocycles. The normalized spacial score (nSPS) is 28.5. The number of rotatable bonds is 2. The number of likely N-dealkylation sites (tertiary alicyclic amines) is 1. The number of nitrogens with zero attached hydrogens (tertiary/aromatic N) is 1. The van der Waals surface area contributed by atoms with E-state index in [0.29, 0.717) is 6.04 Å². The molecule has 0 radical (unpaired) electrons. The average Bonchev–Trinajstić information content (AvgIpc) is 2.98. The molecule has 0 amide bonds. The highest BCUT2D eigenvalue weighted by Gasteiger charge is 2.42. The van der Waals surface area contributed by atoms with Gasteiger partial charge in [0.1, 0.15) is 0 Å². The van der Waals surface area contributed by atoms with Crippen molar-refractivity contribution in [3.8, 4) is 0 Å². The zero-order valence-electron chi connectivity index (χ0n) is 15.4. The molecule has 1 atom stereocenters. The van der Waals surface area contributed by atoms with E-state index in [-0.39, 0.29) is 5.60 Å². The van der Waals surface area contributed by atoms with Gasteiger partial charge < -0.3 is 20.7 Å². The highest BCUT2D eigenvalue weighted by atomic mass is 16.5. The number of nitrogens with two attached hydrogens (primary N) is 1. The Morgan fingerprint density at radius 3 is 2.18 bits per heavy atom. The summed E-state index contributed by atoms with van der Waals surface area (Å²) >= 11 is 0. The fourth-order valence-electron chi connectivity index (χ4n) is 3.93. The summed E-state index contributed by atoms with van der Waals surface area (Å²) in [6.07, 6.45) is 10.7. The first-order chi connectivity index (χ1) is 10.8. The number of nitrogens with one attached hydrogen (secondary N) is 1. The first kappa shape index (κ1) is 19.9. The van der Waals surface area contributed by atoms with Crippen LogP contribution in [0.2, 0.25) is 0 Å². The molecule has 2 heterocycles. The van der Waals surface area contributed by atoms with Crippen molar-refractivity contribution in [1.82, 2.24) is 10.2 Å². The maximum absolute atomic E-state index is 6.19. The van der Waals surface area contributed by atoms with Gasteiger partial charge in [-0.2, -0.15) is 0 Å². The maximum atomic E-state index is 6.19. The molecule has 3 N–H and O–H groups in total. The van der Waals surface area contributed by atoms with Crippen molar-refractivity contribution in [2.45, 2.75) is 82.9 Å². The summed E-state index contributed by atoms with van der Waals surface area (Å²) in [5, 5.41) is 3.86. The van der Waals surface area contributed by atoms with Gasteiger partial charge in [-0.1, -0.05) is 33.1 Å². The van der Waals surface area contributed by atoms with Crippen LogP contribution in [-0.2, 0) is 4.74 Å². The van der Waals surface area contributed by atoms with Crippen LogP contribution in [0.3, 0.4) is 0 Å². The summed E-state index contributed by atoms with van der Waals surface area (Å²) in [6, 6.07) is 1.39. The van der Waals surface area contributed by atoms with Crippen LogP contribution in [0, 0.1) is 0 Å². The lowest BCUT2D eigenvalue weighted by Gasteiger charge is -2.37. The molecular weight excluding hydrogens is 274 g/mol. The van der Waals surface area contributed by atoms with Gasteiger partial charge >= 0.3 is 0 Å². The minimum Gasteiger partial charge on any atom is -0.373 e. The fourth-order valence-corrected chi connectivity index (χ4v) is 3.93. The molecule has 4 nitrogen and oxygen atoms in total. The molecule has 4 heteroatoms. The minimum absolute atomic E-state index is 0.221. The summed E-state index contributed by atoms with van der Waals surface area (Å²) in [5.74, 6) is 0. The van der Waals surface area contributed by atoms with Crippen molar-refractivity contribution in [3.63, 3.8) is 0 Å². The van der Waals surface area contributed by atoms with Crippen LogP contribution in [0.15, 0.2) is 0 Å². The molecule has 3 rings (SSSR count). The van der Waals surface area contributed by atoms with Gasteiger partial charge in [0.05, 0.1) is 12.2 Å². The van der Waals surface area contributed by atoms with Gasteiger partial charge in [-0.25, -0.2) is 0 Å². The Kier molecular flexibility index (Phi) is 9.57. The van der Waals surface area contributed by atoms with Crippen LogP contribution >= 0.6 is 0 Å². The van der Waals surface area contributed by atoms with Crippen molar-refractivity contribution in [2.75, 3.05) is 33.8 Å². The Morgan fingerprint density at radius 2 is 1.59 bits per heavy atom. The lowest BCUT2D eigenvalue weighted by Crippen LogP contribution is -2.44.